The number of carbonyl (C=O) groups excluding carboxylic acids is 1. The maximum Gasteiger partial charge on any atom is 0.303 e. The molecule has 0 aliphatic rings. The second kappa shape index (κ2) is 8.87. The number of halogens is 1. The number of carboxylic acids is 1. The molecular weight excluding hydrogens is 298 g/mol. The first kappa shape index (κ1) is 16.9. The third kappa shape index (κ3) is 6.82. The van der Waals surface area contributed by atoms with Crippen molar-refractivity contribution >= 4 is 35.2 Å². The topological polar surface area (TPSA) is 66.4 Å². The van der Waals surface area contributed by atoms with Crippen LogP contribution in [0.2, 0.25) is 5.02 Å². The molecule has 1 aromatic carbocycles. The lowest BCUT2D eigenvalue weighted by molar-refractivity contribution is -0.138. The number of amides is 1. The number of carbonyl (C=O) groups is 2. The van der Waals surface area contributed by atoms with E-state index in [1.807, 2.05) is 24.3 Å². The summed E-state index contributed by atoms with van der Waals surface area (Å²) in [7, 11) is 0. The fourth-order valence-electron chi connectivity index (χ4n) is 1.56. The zero-order valence-electron chi connectivity index (χ0n) is 11.3. The number of benzene rings is 1. The highest BCUT2D eigenvalue weighted by atomic mass is 35.5. The van der Waals surface area contributed by atoms with Crippen molar-refractivity contribution in [2.24, 2.45) is 5.92 Å². The first-order valence-corrected chi connectivity index (χ1v) is 7.71. The predicted molar refractivity (Wildman–Crippen MR) is 81.2 cm³/mol. The number of hydrogen-bond donors (Lipinski definition) is 2. The van der Waals surface area contributed by atoms with Crippen LogP contribution in [0.15, 0.2) is 29.2 Å². The van der Waals surface area contributed by atoms with Crippen molar-refractivity contribution in [2.75, 3.05) is 12.3 Å². The van der Waals surface area contributed by atoms with E-state index in [0.717, 1.165) is 4.90 Å². The molecule has 1 aromatic rings. The van der Waals surface area contributed by atoms with Gasteiger partial charge in [0.1, 0.15) is 0 Å². The third-order valence-corrected chi connectivity index (χ3v) is 4.11. The van der Waals surface area contributed by atoms with E-state index in [1.165, 1.54) is 11.8 Å². The van der Waals surface area contributed by atoms with Gasteiger partial charge in [-0.05, 0) is 18.1 Å². The van der Waals surface area contributed by atoms with E-state index in [9.17, 15) is 9.59 Å². The highest BCUT2D eigenvalue weighted by Crippen LogP contribution is 2.26. The molecule has 0 radical (unpaired) electrons. The van der Waals surface area contributed by atoms with Crippen molar-refractivity contribution in [1.29, 1.82) is 0 Å². The van der Waals surface area contributed by atoms with Crippen molar-refractivity contribution in [3.8, 4) is 0 Å². The van der Waals surface area contributed by atoms with Gasteiger partial charge in [0.05, 0.1) is 5.02 Å². The molecular formula is C14H18ClNO3S. The van der Waals surface area contributed by atoms with Gasteiger partial charge in [0.15, 0.2) is 0 Å². The predicted octanol–water partition coefficient (Wildman–Crippen LogP) is 3.05. The van der Waals surface area contributed by atoms with Crippen LogP contribution in [0.1, 0.15) is 19.8 Å². The van der Waals surface area contributed by atoms with Crippen molar-refractivity contribution < 1.29 is 14.7 Å². The minimum Gasteiger partial charge on any atom is -0.481 e. The highest BCUT2D eigenvalue weighted by molar-refractivity contribution is 7.99. The summed E-state index contributed by atoms with van der Waals surface area (Å²) in [6.07, 6.45) is 0.449. The molecule has 0 saturated heterocycles. The number of aliphatic carboxylic acids is 1. The Kier molecular flexibility index (Phi) is 7.47. The zero-order chi connectivity index (χ0) is 15.0. The Labute approximate surface area is 127 Å². The second-order valence-corrected chi connectivity index (χ2v) is 6.08. The summed E-state index contributed by atoms with van der Waals surface area (Å²) in [6, 6.07) is 7.50. The lowest BCUT2D eigenvalue weighted by Gasteiger charge is -2.10. The molecule has 1 amide bonds. The Hall–Kier alpha value is -1.20. The number of rotatable bonds is 8. The Bertz CT molecular complexity index is 467. The standard InChI is InChI=1S/C14H18ClNO3S/c1-10(8-14(18)19)9-16-13(17)6-7-20-12-5-3-2-4-11(12)15/h2-5,10H,6-9H2,1H3,(H,16,17)(H,18,19). The molecule has 20 heavy (non-hydrogen) atoms. The van der Waals surface area contributed by atoms with Gasteiger partial charge in [-0.3, -0.25) is 9.59 Å². The number of nitrogens with one attached hydrogen (secondary N) is 1. The monoisotopic (exact) mass is 315 g/mol. The van der Waals surface area contributed by atoms with E-state index in [1.54, 1.807) is 6.92 Å². The fourth-order valence-corrected chi connectivity index (χ4v) is 2.75. The van der Waals surface area contributed by atoms with E-state index in [4.69, 9.17) is 16.7 Å². The lowest BCUT2D eigenvalue weighted by Crippen LogP contribution is -2.29. The summed E-state index contributed by atoms with van der Waals surface area (Å²) >= 11 is 7.55. The molecule has 0 saturated carbocycles. The largest absolute Gasteiger partial charge is 0.481 e. The van der Waals surface area contributed by atoms with Crippen LogP contribution in [0.4, 0.5) is 0 Å². The number of thioether (sulfide) groups is 1. The maximum atomic E-state index is 11.6. The average molecular weight is 316 g/mol. The first-order chi connectivity index (χ1) is 9.49. The minimum atomic E-state index is -0.846. The Balaban J connectivity index is 2.20. The normalized spacial score (nSPS) is 11.9. The summed E-state index contributed by atoms with van der Waals surface area (Å²) in [4.78, 5) is 23.0. The Morgan fingerprint density at radius 2 is 2.10 bits per heavy atom. The molecule has 0 bridgehead atoms. The molecule has 4 nitrogen and oxygen atoms in total. The molecule has 1 rings (SSSR count). The molecule has 110 valence electrons. The molecule has 0 aliphatic carbocycles. The molecule has 1 unspecified atom stereocenters. The molecule has 1 atom stereocenters. The van der Waals surface area contributed by atoms with Crippen LogP contribution >= 0.6 is 23.4 Å². The van der Waals surface area contributed by atoms with Crippen LogP contribution in [0, 0.1) is 5.92 Å². The van der Waals surface area contributed by atoms with Gasteiger partial charge >= 0.3 is 5.97 Å². The molecule has 2 N–H and O–H groups in total. The van der Waals surface area contributed by atoms with Crippen molar-refractivity contribution in [3.05, 3.63) is 29.3 Å². The summed E-state index contributed by atoms with van der Waals surface area (Å²) in [6.45, 7) is 2.19. The van der Waals surface area contributed by atoms with E-state index in [2.05, 4.69) is 5.32 Å². The van der Waals surface area contributed by atoms with Crippen LogP contribution in [0.3, 0.4) is 0 Å². The number of carboxylic acid groups (broad SMARTS) is 1. The highest BCUT2D eigenvalue weighted by Gasteiger charge is 2.09. The molecule has 0 heterocycles. The molecule has 0 aliphatic heterocycles. The van der Waals surface area contributed by atoms with Crippen LogP contribution in [-0.2, 0) is 9.59 Å². The van der Waals surface area contributed by atoms with E-state index in [0.29, 0.717) is 23.7 Å². The van der Waals surface area contributed by atoms with Gasteiger partial charge in [0.25, 0.3) is 0 Å². The molecule has 0 aromatic heterocycles. The Morgan fingerprint density at radius 1 is 1.40 bits per heavy atom. The van der Waals surface area contributed by atoms with Gasteiger partial charge in [-0.15, -0.1) is 11.8 Å². The summed E-state index contributed by atoms with van der Waals surface area (Å²) in [5.74, 6) is -0.335. The van der Waals surface area contributed by atoms with Gasteiger partial charge in [-0.25, -0.2) is 0 Å². The van der Waals surface area contributed by atoms with E-state index < -0.39 is 5.97 Å². The molecule has 0 spiro atoms. The molecule has 6 heteroatoms. The van der Waals surface area contributed by atoms with Crippen molar-refractivity contribution in [2.45, 2.75) is 24.7 Å². The van der Waals surface area contributed by atoms with E-state index in [-0.39, 0.29) is 18.2 Å². The van der Waals surface area contributed by atoms with Gasteiger partial charge in [-0.1, -0.05) is 30.7 Å². The van der Waals surface area contributed by atoms with Crippen LogP contribution in [-0.4, -0.2) is 29.3 Å². The molecule has 0 fully saturated rings. The van der Waals surface area contributed by atoms with Gasteiger partial charge in [-0.2, -0.15) is 0 Å². The third-order valence-electron chi connectivity index (χ3n) is 2.59. The number of hydrogen-bond acceptors (Lipinski definition) is 3. The quantitative estimate of drug-likeness (QED) is 0.724. The zero-order valence-corrected chi connectivity index (χ0v) is 12.8. The van der Waals surface area contributed by atoms with Crippen LogP contribution < -0.4 is 5.32 Å². The van der Waals surface area contributed by atoms with E-state index >= 15 is 0 Å². The van der Waals surface area contributed by atoms with Crippen molar-refractivity contribution in [3.63, 3.8) is 0 Å². The Morgan fingerprint density at radius 3 is 2.75 bits per heavy atom. The minimum absolute atomic E-state index is 0.0623. The summed E-state index contributed by atoms with van der Waals surface area (Å²) in [5.41, 5.74) is 0. The first-order valence-electron chi connectivity index (χ1n) is 6.35. The SMILES string of the molecule is CC(CNC(=O)CCSc1ccccc1Cl)CC(=O)O. The lowest BCUT2D eigenvalue weighted by atomic mass is 10.1. The second-order valence-electron chi connectivity index (χ2n) is 4.54. The van der Waals surface area contributed by atoms with Crippen molar-refractivity contribution in [1.82, 2.24) is 5.32 Å². The fraction of sp³-hybridized carbons (Fsp3) is 0.429. The summed E-state index contributed by atoms with van der Waals surface area (Å²) in [5, 5.41) is 12.0. The maximum absolute atomic E-state index is 11.6. The average Bonchev–Trinajstić information content (AvgIpc) is 2.38. The van der Waals surface area contributed by atoms with Gasteiger partial charge in [0.2, 0.25) is 5.91 Å². The van der Waals surface area contributed by atoms with Gasteiger partial charge in [0, 0.05) is 30.0 Å². The summed E-state index contributed by atoms with van der Waals surface area (Å²) < 4.78 is 0. The van der Waals surface area contributed by atoms with Crippen LogP contribution in [0.5, 0.6) is 0 Å². The van der Waals surface area contributed by atoms with Crippen LogP contribution in [0.25, 0.3) is 0 Å². The van der Waals surface area contributed by atoms with Gasteiger partial charge < -0.3 is 10.4 Å². The smallest absolute Gasteiger partial charge is 0.303 e.